The largest absolute Gasteiger partial charge is 0.491 e. The van der Waals surface area contributed by atoms with Crippen molar-refractivity contribution in [2.45, 2.75) is 117 Å². The molecule has 6 aromatic rings. The second-order valence-electron chi connectivity index (χ2n) is 27.0. The van der Waals surface area contributed by atoms with E-state index < -0.39 is 33.6 Å². The van der Waals surface area contributed by atoms with Gasteiger partial charge in [-0.25, -0.2) is 0 Å². The molecule has 12 N–H and O–H groups in total. The first kappa shape index (κ1) is 100. The predicted octanol–water partition coefficient (Wildman–Crippen LogP) is 6.15. The lowest BCUT2D eigenvalue weighted by Crippen LogP contribution is -2.30. The molecule has 0 aliphatic carbocycles. The van der Waals surface area contributed by atoms with Crippen LogP contribution in [-0.2, 0) is 23.7 Å². The molecular formula is C82H116O29. The van der Waals surface area contributed by atoms with Crippen LogP contribution in [0.5, 0.6) is 34.5 Å². The fourth-order valence-corrected chi connectivity index (χ4v) is 8.42. The second-order valence-corrected chi connectivity index (χ2v) is 27.0. The minimum absolute atomic E-state index is 0.00620. The van der Waals surface area contributed by atoms with Crippen molar-refractivity contribution in [1.82, 2.24) is 0 Å². The Morgan fingerprint density at radius 1 is 0.198 bits per heavy atom. The molecule has 111 heavy (non-hydrogen) atoms. The Morgan fingerprint density at radius 2 is 0.315 bits per heavy atom. The molecular weight excluding hydrogens is 1450 g/mol. The lowest BCUT2D eigenvalue weighted by Gasteiger charge is -2.15. The van der Waals surface area contributed by atoms with Gasteiger partial charge in [-0.05, 0) is 229 Å². The summed E-state index contributed by atoms with van der Waals surface area (Å²) >= 11 is 0. The monoisotopic (exact) mass is 1560 g/mol. The number of hydrogen-bond acceptors (Lipinski definition) is 29. The predicted molar refractivity (Wildman–Crippen MR) is 412 cm³/mol. The number of carbonyl (C=O) groups is 6. The van der Waals surface area contributed by atoms with Gasteiger partial charge in [-0.2, -0.15) is 0 Å². The first-order valence-electron chi connectivity index (χ1n) is 35.7. The maximum absolute atomic E-state index is 11.8. The van der Waals surface area contributed by atoms with Crippen LogP contribution in [0.25, 0.3) is 0 Å². The Bertz CT molecular complexity index is 3060. The molecule has 29 heteroatoms. The standard InChI is InChI=1S/5C14H20O5.C12H16O4/c5*1-14(2,17)13(16)11-3-5-12(6-4-11)19-10-9-18-8-7-15;1-12(2,15)11(14)9-3-5-10(6-4-9)16-8-7-13/h5*3-6,15,17H,7-10H2,1-2H3;3-6,13,15H,7-8H2,1-2H3. The molecule has 0 unspecified atom stereocenters. The Kier molecular flexibility index (Phi) is 48.3. The molecule has 0 aromatic heterocycles. The van der Waals surface area contributed by atoms with Crippen molar-refractivity contribution in [3.63, 3.8) is 0 Å². The highest BCUT2D eigenvalue weighted by molar-refractivity contribution is 6.04. The summed E-state index contributed by atoms with van der Waals surface area (Å²) in [5, 5.41) is 109. The van der Waals surface area contributed by atoms with Crippen LogP contribution in [0.15, 0.2) is 146 Å². The molecule has 29 nitrogen and oxygen atoms in total. The van der Waals surface area contributed by atoms with Gasteiger partial charge in [0.25, 0.3) is 0 Å². The third kappa shape index (κ3) is 44.3. The van der Waals surface area contributed by atoms with E-state index >= 15 is 0 Å². The van der Waals surface area contributed by atoms with E-state index in [4.69, 9.17) is 82.7 Å². The van der Waals surface area contributed by atoms with E-state index in [0.717, 1.165) is 0 Å². The zero-order valence-corrected chi connectivity index (χ0v) is 65.7. The minimum Gasteiger partial charge on any atom is -0.491 e. The van der Waals surface area contributed by atoms with Gasteiger partial charge in [-0.1, -0.05) is 0 Å². The van der Waals surface area contributed by atoms with Gasteiger partial charge < -0.3 is 113 Å². The van der Waals surface area contributed by atoms with Gasteiger partial charge in [0.1, 0.15) is 108 Å². The first-order valence-corrected chi connectivity index (χ1v) is 35.7. The summed E-state index contributed by atoms with van der Waals surface area (Å²) in [6, 6.07) is 39.3. The van der Waals surface area contributed by atoms with Crippen LogP contribution >= 0.6 is 0 Å². The summed E-state index contributed by atoms with van der Waals surface area (Å²) in [6.07, 6.45) is 0. The van der Waals surface area contributed by atoms with Gasteiger partial charge in [-0.3, -0.25) is 28.8 Å². The molecule has 6 aromatic carbocycles. The van der Waals surface area contributed by atoms with Gasteiger partial charge >= 0.3 is 0 Å². The summed E-state index contributed by atoms with van der Waals surface area (Å²) in [7, 11) is 0. The first-order chi connectivity index (χ1) is 52.2. The van der Waals surface area contributed by atoms with Gasteiger partial charge in [0.05, 0.1) is 106 Å². The Labute approximate surface area is 649 Å². The zero-order chi connectivity index (χ0) is 83.7. The van der Waals surface area contributed by atoms with Crippen LogP contribution in [0.1, 0.15) is 145 Å². The fraction of sp³-hybridized carbons (Fsp3) is 0.488. The van der Waals surface area contributed by atoms with Gasteiger partial charge in [0.15, 0.2) is 34.7 Å². The molecule has 0 bridgehead atoms. The van der Waals surface area contributed by atoms with E-state index in [1.807, 2.05) is 0 Å². The van der Waals surface area contributed by atoms with Crippen molar-refractivity contribution in [3.05, 3.63) is 179 Å². The average Bonchev–Trinajstić information content (AvgIpc) is 0.884. The van der Waals surface area contributed by atoms with E-state index in [0.29, 0.717) is 167 Å². The molecule has 0 aliphatic heterocycles. The molecule has 618 valence electrons. The van der Waals surface area contributed by atoms with Crippen LogP contribution in [0.4, 0.5) is 0 Å². The minimum atomic E-state index is -1.37. The van der Waals surface area contributed by atoms with Crippen molar-refractivity contribution < 1.29 is 142 Å². The van der Waals surface area contributed by atoms with E-state index in [1.54, 1.807) is 146 Å². The maximum Gasteiger partial charge on any atom is 0.193 e. The van der Waals surface area contributed by atoms with E-state index in [9.17, 15) is 59.4 Å². The zero-order valence-electron chi connectivity index (χ0n) is 65.7. The molecule has 0 saturated heterocycles. The van der Waals surface area contributed by atoms with E-state index in [-0.39, 0.29) is 80.9 Å². The molecule has 0 radical (unpaired) electrons. The molecule has 0 amide bonds. The normalized spacial score (nSPS) is 11.4. The SMILES string of the molecule is CC(C)(O)C(=O)c1ccc(OCCO)cc1.CC(C)(O)C(=O)c1ccc(OCCOCCO)cc1.CC(C)(O)C(=O)c1ccc(OCCOCCO)cc1.CC(C)(O)C(=O)c1ccc(OCCOCCO)cc1.CC(C)(O)C(=O)c1ccc(OCCOCCO)cc1.CC(C)(O)C(=O)c1ccc(OCCOCCO)cc1. The summed E-state index contributed by atoms with van der Waals surface area (Å²) in [5.74, 6) is 1.73. The van der Waals surface area contributed by atoms with E-state index in [1.165, 1.54) is 83.1 Å². The van der Waals surface area contributed by atoms with Crippen LogP contribution in [0.3, 0.4) is 0 Å². The van der Waals surface area contributed by atoms with Gasteiger partial charge in [0.2, 0.25) is 0 Å². The number of ketones is 6. The average molecular weight is 1570 g/mol. The third-order valence-corrected chi connectivity index (χ3v) is 14.1. The molecule has 0 atom stereocenters. The number of carbonyl (C=O) groups excluding carboxylic acids is 6. The maximum atomic E-state index is 11.8. The highest BCUT2D eigenvalue weighted by Crippen LogP contribution is 2.23. The lowest BCUT2D eigenvalue weighted by molar-refractivity contribution is 0.0487. The van der Waals surface area contributed by atoms with Crippen molar-refractivity contribution in [3.8, 4) is 34.5 Å². The summed E-state index contributed by atoms with van der Waals surface area (Å²) < 4.78 is 57.4. The number of rotatable bonds is 45. The quantitative estimate of drug-likeness (QED) is 0.0151. The van der Waals surface area contributed by atoms with Crippen molar-refractivity contribution >= 4 is 34.7 Å². The number of Topliss-reactive ketones (excluding diaryl/α,β-unsaturated/α-hetero) is 6. The number of aliphatic hydroxyl groups excluding tert-OH is 6. The highest BCUT2D eigenvalue weighted by Gasteiger charge is 2.29. The molecule has 0 aliphatic rings. The van der Waals surface area contributed by atoms with Crippen LogP contribution < -0.4 is 28.4 Å². The topological polar surface area (TPSA) is 447 Å². The molecule has 0 saturated carbocycles. The van der Waals surface area contributed by atoms with Crippen molar-refractivity contribution in [2.75, 3.05) is 145 Å². The van der Waals surface area contributed by atoms with Crippen LogP contribution in [-0.4, -0.2) is 275 Å². The number of aliphatic hydroxyl groups is 12. The third-order valence-electron chi connectivity index (χ3n) is 14.1. The van der Waals surface area contributed by atoms with Crippen LogP contribution in [0.2, 0.25) is 0 Å². The number of benzene rings is 6. The summed E-state index contributed by atoms with van der Waals surface area (Å²) in [5.41, 5.74) is -5.60. The number of ether oxygens (including phenoxy) is 11. The molecule has 6 rings (SSSR count). The highest BCUT2D eigenvalue weighted by atomic mass is 16.6. The summed E-state index contributed by atoms with van der Waals surface area (Å²) in [4.78, 5) is 70.5. The smallest absolute Gasteiger partial charge is 0.193 e. The van der Waals surface area contributed by atoms with Crippen molar-refractivity contribution in [2.24, 2.45) is 0 Å². The van der Waals surface area contributed by atoms with E-state index in [2.05, 4.69) is 0 Å². The van der Waals surface area contributed by atoms with Gasteiger partial charge in [-0.15, -0.1) is 0 Å². The Hall–Kier alpha value is -8.54. The van der Waals surface area contributed by atoms with Gasteiger partial charge in [0, 0.05) is 33.4 Å². The van der Waals surface area contributed by atoms with Crippen LogP contribution in [0, 0.1) is 0 Å². The number of hydrogen-bond donors (Lipinski definition) is 12. The lowest BCUT2D eigenvalue weighted by atomic mass is 9.97. The summed E-state index contributed by atoms with van der Waals surface area (Å²) in [6.45, 7) is 22.9. The fourth-order valence-electron chi connectivity index (χ4n) is 8.42. The molecule has 0 fully saturated rings. The second kappa shape index (κ2) is 53.4. The molecule has 0 spiro atoms. The Balaban J connectivity index is 0.000000667. The Morgan fingerprint density at radius 3 is 0.423 bits per heavy atom. The molecule has 0 heterocycles. The van der Waals surface area contributed by atoms with Crippen molar-refractivity contribution in [1.29, 1.82) is 0 Å².